The number of nitrogens with two attached hydrogens (primary N) is 1. The summed E-state index contributed by atoms with van der Waals surface area (Å²) in [6.45, 7) is 0.562. The van der Waals surface area contributed by atoms with E-state index in [4.69, 9.17) is 5.73 Å². The molecule has 20 heavy (non-hydrogen) atoms. The fourth-order valence-corrected chi connectivity index (χ4v) is 4.17. The highest BCUT2D eigenvalue weighted by Gasteiger charge is 2.25. The number of thioether (sulfide) groups is 1. The lowest BCUT2D eigenvalue weighted by molar-refractivity contribution is 0.563. The Labute approximate surface area is 123 Å². The fraction of sp³-hybridized carbons (Fsp3) is 0.294. The van der Waals surface area contributed by atoms with Crippen LogP contribution < -0.4 is 5.73 Å². The normalized spacial score (nSPS) is 18.8. The third kappa shape index (κ3) is 2.74. The van der Waals surface area contributed by atoms with Crippen LogP contribution in [0.4, 0.5) is 4.39 Å². The Balaban J connectivity index is 1.80. The molecular weight excluding hydrogens is 269 g/mol. The van der Waals surface area contributed by atoms with Crippen molar-refractivity contribution in [3.63, 3.8) is 0 Å². The van der Waals surface area contributed by atoms with E-state index in [0.717, 1.165) is 17.7 Å². The monoisotopic (exact) mass is 287 g/mol. The van der Waals surface area contributed by atoms with Gasteiger partial charge in [0, 0.05) is 10.6 Å². The summed E-state index contributed by atoms with van der Waals surface area (Å²) in [5, 5.41) is 0. The minimum absolute atomic E-state index is 0.179. The van der Waals surface area contributed by atoms with Gasteiger partial charge < -0.3 is 5.73 Å². The number of rotatable bonds is 4. The maximum absolute atomic E-state index is 13.4. The van der Waals surface area contributed by atoms with Crippen LogP contribution in [0.1, 0.15) is 29.4 Å². The third-order valence-corrected chi connectivity index (χ3v) is 5.22. The predicted molar refractivity (Wildman–Crippen MR) is 82.7 cm³/mol. The van der Waals surface area contributed by atoms with Crippen molar-refractivity contribution in [2.75, 3.05) is 12.3 Å². The summed E-state index contributed by atoms with van der Waals surface area (Å²) >= 11 is 1.91. The van der Waals surface area contributed by atoms with Gasteiger partial charge in [0.25, 0.3) is 0 Å². The number of benzene rings is 2. The molecule has 0 spiro atoms. The number of halogens is 1. The molecule has 2 aromatic rings. The average molecular weight is 287 g/mol. The van der Waals surface area contributed by atoms with E-state index in [2.05, 4.69) is 24.3 Å². The fourth-order valence-electron chi connectivity index (χ4n) is 2.90. The van der Waals surface area contributed by atoms with E-state index in [0.29, 0.717) is 12.5 Å². The molecule has 0 bridgehead atoms. The van der Waals surface area contributed by atoms with Crippen molar-refractivity contribution in [1.82, 2.24) is 0 Å². The van der Waals surface area contributed by atoms with E-state index in [1.54, 1.807) is 12.1 Å². The van der Waals surface area contributed by atoms with Crippen molar-refractivity contribution in [2.24, 2.45) is 5.73 Å². The highest BCUT2D eigenvalue weighted by Crippen LogP contribution is 2.43. The van der Waals surface area contributed by atoms with Crippen molar-refractivity contribution >= 4 is 11.8 Å². The molecule has 1 heterocycles. The van der Waals surface area contributed by atoms with Gasteiger partial charge in [-0.25, -0.2) is 4.39 Å². The SMILES string of the molecule is NCC(CC1CSc2ccccc21)c1cccc(F)c1. The zero-order valence-electron chi connectivity index (χ0n) is 11.3. The van der Waals surface area contributed by atoms with Crippen LogP contribution in [0.25, 0.3) is 0 Å². The Kier molecular flexibility index (Phi) is 4.08. The van der Waals surface area contributed by atoms with Gasteiger partial charge in [-0.2, -0.15) is 0 Å². The van der Waals surface area contributed by atoms with Crippen molar-refractivity contribution in [3.05, 3.63) is 65.5 Å². The van der Waals surface area contributed by atoms with Crippen LogP contribution in [0.15, 0.2) is 53.4 Å². The molecule has 2 atom stereocenters. The Hall–Kier alpha value is -1.32. The maximum Gasteiger partial charge on any atom is 0.123 e. The van der Waals surface area contributed by atoms with E-state index in [1.807, 2.05) is 17.8 Å². The number of hydrogen-bond acceptors (Lipinski definition) is 2. The average Bonchev–Trinajstić information content (AvgIpc) is 2.88. The molecule has 3 heteroatoms. The Morgan fingerprint density at radius 2 is 2.05 bits per heavy atom. The van der Waals surface area contributed by atoms with Gasteiger partial charge in [-0.3, -0.25) is 0 Å². The van der Waals surface area contributed by atoms with E-state index in [9.17, 15) is 4.39 Å². The molecule has 2 N–H and O–H groups in total. The minimum atomic E-state index is -0.179. The highest BCUT2D eigenvalue weighted by atomic mass is 32.2. The molecule has 2 aromatic carbocycles. The second kappa shape index (κ2) is 5.98. The molecule has 2 unspecified atom stereocenters. The maximum atomic E-state index is 13.4. The van der Waals surface area contributed by atoms with E-state index in [1.165, 1.54) is 16.5 Å². The summed E-state index contributed by atoms with van der Waals surface area (Å²) in [5.41, 5.74) is 8.36. The molecule has 0 saturated carbocycles. The summed E-state index contributed by atoms with van der Waals surface area (Å²) in [7, 11) is 0. The van der Waals surface area contributed by atoms with Gasteiger partial charge in [0.2, 0.25) is 0 Å². The molecular formula is C17H18FNS. The smallest absolute Gasteiger partial charge is 0.123 e. The van der Waals surface area contributed by atoms with Gasteiger partial charge in [-0.1, -0.05) is 30.3 Å². The predicted octanol–water partition coefficient (Wildman–Crippen LogP) is 4.15. The van der Waals surface area contributed by atoms with Gasteiger partial charge in [-0.05, 0) is 54.1 Å². The third-order valence-electron chi connectivity index (χ3n) is 3.97. The highest BCUT2D eigenvalue weighted by molar-refractivity contribution is 7.99. The minimum Gasteiger partial charge on any atom is -0.330 e. The second-order valence-electron chi connectivity index (χ2n) is 5.27. The van der Waals surface area contributed by atoms with Gasteiger partial charge in [0.15, 0.2) is 0 Å². The molecule has 104 valence electrons. The van der Waals surface area contributed by atoms with Crippen LogP contribution in [0.2, 0.25) is 0 Å². The van der Waals surface area contributed by atoms with Crippen LogP contribution >= 0.6 is 11.8 Å². The molecule has 1 nitrogen and oxygen atoms in total. The van der Waals surface area contributed by atoms with Crippen molar-refractivity contribution in [2.45, 2.75) is 23.2 Å². The largest absolute Gasteiger partial charge is 0.330 e. The topological polar surface area (TPSA) is 26.0 Å². The molecule has 3 rings (SSSR count). The Morgan fingerprint density at radius 3 is 2.85 bits per heavy atom. The lowest BCUT2D eigenvalue weighted by atomic mass is 9.86. The molecule has 0 aliphatic carbocycles. The van der Waals surface area contributed by atoms with Crippen molar-refractivity contribution in [1.29, 1.82) is 0 Å². The van der Waals surface area contributed by atoms with Gasteiger partial charge in [0.1, 0.15) is 5.82 Å². The molecule has 1 aliphatic rings. The first-order valence-electron chi connectivity index (χ1n) is 6.95. The Bertz CT molecular complexity index is 599. The summed E-state index contributed by atoms with van der Waals surface area (Å²) < 4.78 is 13.4. The standard InChI is InChI=1S/C17H18FNS/c18-15-5-3-4-12(9-15)13(10-19)8-14-11-20-17-7-2-1-6-16(14)17/h1-7,9,13-14H,8,10-11,19H2. The summed E-state index contributed by atoms with van der Waals surface area (Å²) in [6.07, 6.45) is 0.990. The number of hydrogen-bond donors (Lipinski definition) is 1. The zero-order chi connectivity index (χ0) is 13.9. The van der Waals surface area contributed by atoms with Crippen LogP contribution in [0, 0.1) is 5.82 Å². The first-order valence-corrected chi connectivity index (χ1v) is 7.93. The molecule has 1 aliphatic heterocycles. The quantitative estimate of drug-likeness (QED) is 0.914. The van der Waals surface area contributed by atoms with Crippen molar-refractivity contribution in [3.8, 4) is 0 Å². The van der Waals surface area contributed by atoms with E-state index >= 15 is 0 Å². The van der Waals surface area contributed by atoms with Gasteiger partial charge >= 0.3 is 0 Å². The van der Waals surface area contributed by atoms with Crippen LogP contribution in [0.5, 0.6) is 0 Å². The molecule has 0 aromatic heterocycles. The molecule has 0 fully saturated rings. The van der Waals surface area contributed by atoms with Crippen LogP contribution in [-0.4, -0.2) is 12.3 Å². The first kappa shape index (κ1) is 13.7. The van der Waals surface area contributed by atoms with Crippen molar-refractivity contribution < 1.29 is 4.39 Å². The number of fused-ring (bicyclic) bond motifs is 1. The lowest BCUT2D eigenvalue weighted by Gasteiger charge is -2.20. The molecule has 0 saturated heterocycles. The van der Waals surface area contributed by atoms with Gasteiger partial charge in [0.05, 0.1) is 0 Å². The second-order valence-corrected chi connectivity index (χ2v) is 6.33. The van der Waals surface area contributed by atoms with Crippen LogP contribution in [0.3, 0.4) is 0 Å². The summed E-state index contributed by atoms with van der Waals surface area (Å²) in [4.78, 5) is 1.38. The molecule has 0 radical (unpaired) electrons. The Morgan fingerprint density at radius 1 is 1.20 bits per heavy atom. The van der Waals surface area contributed by atoms with E-state index in [-0.39, 0.29) is 11.7 Å². The molecule has 0 amide bonds. The van der Waals surface area contributed by atoms with E-state index < -0.39 is 0 Å². The zero-order valence-corrected chi connectivity index (χ0v) is 12.1. The first-order chi connectivity index (χ1) is 9.78. The summed E-state index contributed by atoms with van der Waals surface area (Å²) in [5.74, 6) is 1.67. The summed E-state index contributed by atoms with van der Waals surface area (Å²) in [6, 6.07) is 15.4. The van der Waals surface area contributed by atoms with Gasteiger partial charge in [-0.15, -0.1) is 11.8 Å². The lowest BCUT2D eigenvalue weighted by Crippen LogP contribution is -2.16. The van der Waals surface area contributed by atoms with Crippen LogP contribution in [-0.2, 0) is 0 Å².